The lowest BCUT2D eigenvalue weighted by Gasteiger charge is -2.27. The summed E-state index contributed by atoms with van der Waals surface area (Å²) in [7, 11) is 0. The Labute approximate surface area is 175 Å². The standard InChI is InChI=1S/C22H23N5OS/c1-3-19(28)25-16-10-9-15(13-14(16)2)27-21(18-8-6-12-24-18)20(26-22(27)29)17-7-4-5-11-23-17/h4-13,20-21,24H,3H2,1-2H3,(H,25,28)(H,26,29)/t20-,21+/m1/s1. The van der Waals surface area contributed by atoms with E-state index in [1.54, 1.807) is 6.20 Å². The molecule has 1 saturated heterocycles. The molecule has 3 aromatic rings. The van der Waals surface area contributed by atoms with Crippen LogP contribution in [0.3, 0.4) is 0 Å². The predicted octanol–water partition coefficient (Wildman–Crippen LogP) is 4.24. The Kier molecular flexibility index (Phi) is 5.31. The van der Waals surface area contributed by atoms with E-state index in [-0.39, 0.29) is 18.0 Å². The van der Waals surface area contributed by atoms with Crippen molar-refractivity contribution >= 4 is 34.6 Å². The number of carbonyl (C=O) groups excluding carboxylic acids is 1. The number of nitrogens with zero attached hydrogens (tertiary/aromatic N) is 2. The molecule has 1 aromatic carbocycles. The topological polar surface area (TPSA) is 73.1 Å². The quantitative estimate of drug-likeness (QED) is 0.554. The molecule has 0 spiro atoms. The molecule has 1 aliphatic rings. The Hall–Kier alpha value is -3.19. The van der Waals surface area contributed by atoms with E-state index in [9.17, 15) is 4.79 Å². The highest BCUT2D eigenvalue weighted by Crippen LogP contribution is 2.41. The molecule has 148 valence electrons. The molecule has 2 aromatic heterocycles. The first-order valence-corrected chi connectivity index (χ1v) is 10.0. The van der Waals surface area contributed by atoms with Crippen molar-refractivity contribution in [1.29, 1.82) is 0 Å². The summed E-state index contributed by atoms with van der Waals surface area (Å²) >= 11 is 5.72. The van der Waals surface area contributed by atoms with E-state index in [4.69, 9.17) is 12.2 Å². The molecule has 3 heterocycles. The molecule has 7 heteroatoms. The number of pyridine rings is 1. The van der Waals surface area contributed by atoms with Gasteiger partial charge in [0.2, 0.25) is 5.91 Å². The summed E-state index contributed by atoms with van der Waals surface area (Å²) in [6, 6.07) is 15.8. The molecule has 2 atom stereocenters. The van der Waals surface area contributed by atoms with Gasteiger partial charge in [0.1, 0.15) is 6.04 Å². The number of thiocarbonyl (C=S) groups is 1. The van der Waals surface area contributed by atoms with Crippen LogP contribution in [-0.2, 0) is 4.79 Å². The van der Waals surface area contributed by atoms with Crippen LogP contribution in [0.5, 0.6) is 0 Å². The molecule has 1 amide bonds. The van der Waals surface area contributed by atoms with Gasteiger partial charge in [-0.05, 0) is 67.2 Å². The van der Waals surface area contributed by atoms with Crippen molar-refractivity contribution in [2.45, 2.75) is 32.4 Å². The molecule has 0 radical (unpaired) electrons. The fraction of sp³-hybridized carbons (Fsp3) is 0.227. The molecule has 1 aliphatic heterocycles. The van der Waals surface area contributed by atoms with Crippen LogP contribution >= 0.6 is 12.2 Å². The molecule has 0 unspecified atom stereocenters. The zero-order valence-electron chi connectivity index (χ0n) is 16.3. The number of aromatic nitrogens is 2. The smallest absolute Gasteiger partial charge is 0.224 e. The van der Waals surface area contributed by atoms with Gasteiger partial charge in [-0.3, -0.25) is 9.78 Å². The van der Waals surface area contributed by atoms with E-state index < -0.39 is 0 Å². The lowest BCUT2D eigenvalue weighted by atomic mass is 10.0. The second-order valence-electron chi connectivity index (χ2n) is 7.02. The number of aryl methyl sites for hydroxylation is 1. The van der Waals surface area contributed by atoms with Crippen LogP contribution in [0, 0.1) is 6.92 Å². The van der Waals surface area contributed by atoms with Gasteiger partial charge in [0, 0.05) is 35.9 Å². The number of hydrogen-bond donors (Lipinski definition) is 3. The molecular formula is C22H23N5OS. The van der Waals surface area contributed by atoms with Crippen molar-refractivity contribution < 1.29 is 4.79 Å². The monoisotopic (exact) mass is 405 g/mol. The summed E-state index contributed by atoms with van der Waals surface area (Å²) in [4.78, 5) is 21.8. The molecule has 1 fully saturated rings. The number of nitrogens with one attached hydrogen (secondary N) is 3. The molecule has 0 saturated carbocycles. The van der Waals surface area contributed by atoms with Crippen LogP contribution in [0.1, 0.15) is 42.4 Å². The third-order valence-electron chi connectivity index (χ3n) is 5.12. The Morgan fingerprint density at radius 2 is 2.10 bits per heavy atom. The van der Waals surface area contributed by atoms with E-state index in [1.807, 2.05) is 56.4 Å². The van der Waals surface area contributed by atoms with Gasteiger partial charge in [-0.25, -0.2) is 0 Å². The van der Waals surface area contributed by atoms with Gasteiger partial charge >= 0.3 is 0 Å². The van der Waals surface area contributed by atoms with Crippen LogP contribution in [0.15, 0.2) is 60.9 Å². The first-order valence-electron chi connectivity index (χ1n) is 9.63. The number of benzene rings is 1. The van der Waals surface area contributed by atoms with Crippen LogP contribution in [0.25, 0.3) is 0 Å². The van der Waals surface area contributed by atoms with E-state index in [1.165, 1.54) is 0 Å². The Morgan fingerprint density at radius 1 is 1.24 bits per heavy atom. The molecule has 4 rings (SSSR count). The maximum Gasteiger partial charge on any atom is 0.224 e. The van der Waals surface area contributed by atoms with E-state index in [2.05, 4.69) is 37.6 Å². The van der Waals surface area contributed by atoms with E-state index in [0.717, 1.165) is 28.3 Å². The minimum absolute atomic E-state index is 0.00121. The average Bonchev–Trinajstić information content (AvgIpc) is 3.37. The average molecular weight is 406 g/mol. The fourth-order valence-corrected chi connectivity index (χ4v) is 4.00. The van der Waals surface area contributed by atoms with Crippen molar-refractivity contribution in [1.82, 2.24) is 15.3 Å². The second kappa shape index (κ2) is 8.05. The summed E-state index contributed by atoms with van der Waals surface area (Å²) in [5.41, 5.74) is 4.75. The Balaban J connectivity index is 1.73. The van der Waals surface area contributed by atoms with Crippen molar-refractivity contribution in [3.8, 4) is 0 Å². The van der Waals surface area contributed by atoms with Gasteiger partial charge < -0.3 is 20.5 Å². The van der Waals surface area contributed by atoms with Gasteiger partial charge in [-0.2, -0.15) is 0 Å². The maximum absolute atomic E-state index is 11.8. The first-order chi connectivity index (χ1) is 14.1. The van der Waals surface area contributed by atoms with Crippen LogP contribution in [0.2, 0.25) is 0 Å². The predicted molar refractivity (Wildman–Crippen MR) is 119 cm³/mol. The molecule has 3 N–H and O–H groups in total. The Bertz CT molecular complexity index is 1020. The molecule has 0 bridgehead atoms. The van der Waals surface area contributed by atoms with Gasteiger partial charge in [0.05, 0.1) is 11.7 Å². The highest BCUT2D eigenvalue weighted by Gasteiger charge is 2.41. The zero-order valence-corrected chi connectivity index (χ0v) is 17.2. The van der Waals surface area contributed by atoms with Crippen molar-refractivity contribution in [2.75, 3.05) is 10.2 Å². The number of rotatable bonds is 5. The summed E-state index contributed by atoms with van der Waals surface area (Å²) in [5.74, 6) is -0.00121. The number of carbonyl (C=O) groups is 1. The van der Waals surface area contributed by atoms with E-state index in [0.29, 0.717) is 11.5 Å². The maximum atomic E-state index is 11.8. The van der Waals surface area contributed by atoms with Crippen molar-refractivity contribution in [2.24, 2.45) is 0 Å². The lowest BCUT2D eigenvalue weighted by Crippen LogP contribution is -2.29. The van der Waals surface area contributed by atoms with Gasteiger partial charge in [0.25, 0.3) is 0 Å². The summed E-state index contributed by atoms with van der Waals surface area (Å²) in [5, 5.41) is 7.02. The molecule has 0 aliphatic carbocycles. The number of aromatic amines is 1. The third kappa shape index (κ3) is 3.73. The molecule has 6 nitrogen and oxygen atoms in total. The minimum atomic E-state index is -0.0814. The Morgan fingerprint density at radius 3 is 2.76 bits per heavy atom. The highest BCUT2D eigenvalue weighted by molar-refractivity contribution is 7.80. The largest absolute Gasteiger partial charge is 0.363 e. The highest BCUT2D eigenvalue weighted by atomic mass is 32.1. The van der Waals surface area contributed by atoms with Crippen LogP contribution < -0.4 is 15.5 Å². The third-order valence-corrected chi connectivity index (χ3v) is 5.44. The van der Waals surface area contributed by atoms with Crippen molar-refractivity contribution in [3.05, 3.63) is 77.9 Å². The second-order valence-corrected chi connectivity index (χ2v) is 7.41. The molecule has 29 heavy (non-hydrogen) atoms. The van der Waals surface area contributed by atoms with Crippen LogP contribution in [0.4, 0.5) is 11.4 Å². The summed E-state index contributed by atoms with van der Waals surface area (Å²) in [6.07, 6.45) is 4.16. The number of hydrogen-bond acceptors (Lipinski definition) is 3. The van der Waals surface area contributed by atoms with Gasteiger partial charge in [-0.15, -0.1) is 0 Å². The van der Waals surface area contributed by atoms with Gasteiger partial charge in [-0.1, -0.05) is 13.0 Å². The van der Waals surface area contributed by atoms with E-state index >= 15 is 0 Å². The number of amides is 1. The SMILES string of the molecule is CCC(=O)Nc1ccc(N2C(=S)N[C@H](c3ccccn3)[C@@H]2c2ccc[nH]2)cc1C. The zero-order chi connectivity index (χ0) is 20.4. The fourth-order valence-electron chi connectivity index (χ4n) is 3.65. The minimum Gasteiger partial charge on any atom is -0.363 e. The van der Waals surface area contributed by atoms with Crippen molar-refractivity contribution in [3.63, 3.8) is 0 Å². The van der Waals surface area contributed by atoms with Crippen LogP contribution in [-0.4, -0.2) is 21.0 Å². The first kappa shape index (κ1) is 19.1. The molecular weight excluding hydrogens is 382 g/mol. The van der Waals surface area contributed by atoms with Gasteiger partial charge in [0.15, 0.2) is 5.11 Å². The number of H-pyrrole nitrogens is 1. The normalized spacial score (nSPS) is 18.6. The summed E-state index contributed by atoms with van der Waals surface area (Å²) in [6.45, 7) is 3.83. The lowest BCUT2D eigenvalue weighted by molar-refractivity contribution is -0.115. The summed E-state index contributed by atoms with van der Waals surface area (Å²) < 4.78 is 0. The number of anilines is 2.